The molecular weight excluding hydrogens is 230 g/mol. The maximum Gasteiger partial charge on any atom is 0.0299 e. The lowest BCUT2D eigenvalue weighted by molar-refractivity contribution is 0.499. The molecule has 1 nitrogen and oxygen atoms in total. The van der Waals surface area contributed by atoms with Crippen LogP contribution in [-0.2, 0) is 0 Å². The fourth-order valence-electron chi connectivity index (χ4n) is 2.86. The van der Waals surface area contributed by atoms with E-state index in [2.05, 4.69) is 31.8 Å². The van der Waals surface area contributed by atoms with Gasteiger partial charge in [0.2, 0.25) is 0 Å². The standard InChI is InChI=1S/C18H31N/c1-4-6-8-10-12-17(11-9-7-5-2)18-13-14-19-15-16(18)3/h13-15,17H,4-12H2,1-3H3. The van der Waals surface area contributed by atoms with E-state index < -0.39 is 0 Å². The SMILES string of the molecule is CCCCCCC(CCCCC)c1ccncc1C. The molecule has 1 heteroatoms. The van der Waals surface area contributed by atoms with Gasteiger partial charge in [-0.25, -0.2) is 0 Å². The van der Waals surface area contributed by atoms with Gasteiger partial charge >= 0.3 is 0 Å². The molecule has 0 radical (unpaired) electrons. The van der Waals surface area contributed by atoms with Crippen LogP contribution in [0.1, 0.15) is 88.7 Å². The normalized spacial score (nSPS) is 12.6. The molecule has 1 rings (SSSR count). The van der Waals surface area contributed by atoms with Crippen LogP contribution in [-0.4, -0.2) is 4.98 Å². The first-order valence-electron chi connectivity index (χ1n) is 8.20. The Balaban J connectivity index is 2.55. The lowest BCUT2D eigenvalue weighted by atomic mass is 9.87. The summed E-state index contributed by atoms with van der Waals surface area (Å²) in [6.45, 7) is 6.78. The summed E-state index contributed by atoms with van der Waals surface area (Å²) in [5, 5.41) is 0. The third kappa shape index (κ3) is 6.22. The predicted molar refractivity (Wildman–Crippen MR) is 84.6 cm³/mol. The third-order valence-corrected chi connectivity index (χ3v) is 4.07. The minimum atomic E-state index is 0.756. The van der Waals surface area contributed by atoms with E-state index in [1.54, 1.807) is 5.56 Å². The summed E-state index contributed by atoms with van der Waals surface area (Å²) in [6.07, 6.45) is 16.2. The number of nitrogens with zero attached hydrogens (tertiary/aromatic N) is 1. The van der Waals surface area contributed by atoms with E-state index in [-0.39, 0.29) is 0 Å². The number of hydrogen-bond acceptors (Lipinski definition) is 1. The number of pyridine rings is 1. The Hall–Kier alpha value is -0.850. The van der Waals surface area contributed by atoms with Crippen LogP contribution in [0.15, 0.2) is 18.5 Å². The molecule has 0 aromatic carbocycles. The first kappa shape index (κ1) is 16.2. The van der Waals surface area contributed by atoms with E-state index in [9.17, 15) is 0 Å². The lowest BCUT2D eigenvalue weighted by Crippen LogP contribution is -2.02. The molecule has 1 atom stereocenters. The van der Waals surface area contributed by atoms with Crippen LogP contribution >= 0.6 is 0 Å². The van der Waals surface area contributed by atoms with Gasteiger partial charge in [-0.3, -0.25) is 4.98 Å². The van der Waals surface area contributed by atoms with E-state index in [0.29, 0.717) is 0 Å². The van der Waals surface area contributed by atoms with Crippen LogP contribution in [0, 0.1) is 6.92 Å². The van der Waals surface area contributed by atoms with Gasteiger partial charge in [-0.2, -0.15) is 0 Å². The average molecular weight is 261 g/mol. The minimum Gasteiger partial charge on any atom is -0.264 e. The molecule has 19 heavy (non-hydrogen) atoms. The van der Waals surface area contributed by atoms with Gasteiger partial charge in [0.1, 0.15) is 0 Å². The largest absolute Gasteiger partial charge is 0.264 e. The van der Waals surface area contributed by atoms with Crippen molar-refractivity contribution in [2.24, 2.45) is 0 Å². The molecule has 0 saturated carbocycles. The molecule has 0 N–H and O–H groups in total. The molecule has 0 saturated heterocycles. The molecule has 0 aliphatic rings. The molecule has 1 heterocycles. The number of aryl methyl sites for hydroxylation is 1. The van der Waals surface area contributed by atoms with Gasteiger partial charge in [0.25, 0.3) is 0 Å². The molecule has 0 aliphatic heterocycles. The highest BCUT2D eigenvalue weighted by atomic mass is 14.6. The Labute approximate surface area is 119 Å². The molecule has 0 aliphatic carbocycles. The molecule has 1 aromatic heterocycles. The average Bonchev–Trinajstić information content (AvgIpc) is 2.42. The Morgan fingerprint density at radius 1 is 0.947 bits per heavy atom. The van der Waals surface area contributed by atoms with Gasteiger partial charge in [0.05, 0.1) is 0 Å². The highest BCUT2D eigenvalue weighted by molar-refractivity contribution is 5.25. The van der Waals surface area contributed by atoms with Gasteiger partial charge in [-0.1, -0.05) is 58.8 Å². The maximum absolute atomic E-state index is 4.23. The fraction of sp³-hybridized carbons (Fsp3) is 0.722. The van der Waals surface area contributed by atoms with Crippen LogP contribution < -0.4 is 0 Å². The second-order valence-electron chi connectivity index (χ2n) is 5.77. The van der Waals surface area contributed by atoms with Gasteiger partial charge < -0.3 is 0 Å². The highest BCUT2D eigenvalue weighted by Gasteiger charge is 2.13. The van der Waals surface area contributed by atoms with Gasteiger partial charge in [0.15, 0.2) is 0 Å². The van der Waals surface area contributed by atoms with Crippen molar-refractivity contribution in [3.63, 3.8) is 0 Å². The predicted octanol–water partition coefficient (Wildman–Crippen LogP) is 6.02. The number of unbranched alkanes of at least 4 members (excludes halogenated alkanes) is 5. The quantitative estimate of drug-likeness (QED) is 0.469. The second-order valence-corrected chi connectivity index (χ2v) is 5.77. The maximum atomic E-state index is 4.23. The number of rotatable bonds is 10. The van der Waals surface area contributed by atoms with Crippen molar-refractivity contribution in [2.75, 3.05) is 0 Å². The zero-order valence-corrected chi connectivity index (χ0v) is 13.1. The molecule has 0 fully saturated rings. The van der Waals surface area contributed by atoms with E-state index >= 15 is 0 Å². The van der Waals surface area contributed by atoms with E-state index in [1.165, 1.54) is 63.4 Å². The molecule has 1 aromatic rings. The smallest absolute Gasteiger partial charge is 0.0299 e. The summed E-state index contributed by atoms with van der Waals surface area (Å²) in [4.78, 5) is 4.23. The van der Waals surface area contributed by atoms with Crippen molar-refractivity contribution in [1.29, 1.82) is 0 Å². The first-order chi connectivity index (χ1) is 9.29. The van der Waals surface area contributed by atoms with Crippen molar-refractivity contribution in [2.45, 2.75) is 84.5 Å². The summed E-state index contributed by atoms with van der Waals surface area (Å²) in [5.74, 6) is 0.756. The molecule has 1 unspecified atom stereocenters. The number of hydrogen-bond donors (Lipinski definition) is 0. The van der Waals surface area contributed by atoms with Crippen LogP contribution in [0.25, 0.3) is 0 Å². The van der Waals surface area contributed by atoms with Crippen LogP contribution in [0.4, 0.5) is 0 Å². The van der Waals surface area contributed by atoms with E-state index in [1.807, 2.05) is 12.4 Å². The first-order valence-corrected chi connectivity index (χ1v) is 8.20. The monoisotopic (exact) mass is 261 g/mol. The van der Waals surface area contributed by atoms with Crippen molar-refractivity contribution >= 4 is 0 Å². The van der Waals surface area contributed by atoms with Crippen molar-refractivity contribution in [3.05, 3.63) is 29.6 Å². The Morgan fingerprint density at radius 3 is 2.21 bits per heavy atom. The Kier molecular flexibility index (Phi) is 8.53. The van der Waals surface area contributed by atoms with Crippen molar-refractivity contribution in [3.8, 4) is 0 Å². The zero-order chi connectivity index (χ0) is 13.9. The minimum absolute atomic E-state index is 0.756. The Bertz CT molecular complexity index is 332. The summed E-state index contributed by atoms with van der Waals surface area (Å²) in [5.41, 5.74) is 2.92. The molecular formula is C18H31N. The third-order valence-electron chi connectivity index (χ3n) is 4.07. The molecule has 0 bridgehead atoms. The van der Waals surface area contributed by atoms with Crippen LogP contribution in [0.5, 0.6) is 0 Å². The highest BCUT2D eigenvalue weighted by Crippen LogP contribution is 2.30. The molecule has 108 valence electrons. The summed E-state index contributed by atoms with van der Waals surface area (Å²) in [6, 6.07) is 2.24. The summed E-state index contributed by atoms with van der Waals surface area (Å²) >= 11 is 0. The van der Waals surface area contributed by atoms with E-state index in [0.717, 1.165) is 5.92 Å². The molecule has 0 amide bonds. The Morgan fingerprint density at radius 2 is 1.58 bits per heavy atom. The van der Waals surface area contributed by atoms with Gasteiger partial charge in [-0.05, 0) is 42.9 Å². The van der Waals surface area contributed by atoms with Gasteiger partial charge in [0, 0.05) is 12.4 Å². The summed E-state index contributed by atoms with van der Waals surface area (Å²) < 4.78 is 0. The van der Waals surface area contributed by atoms with Crippen LogP contribution in [0.2, 0.25) is 0 Å². The van der Waals surface area contributed by atoms with Gasteiger partial charge in [-0.15, -0.1) is 0 Å². The number of aromatic nitrogens is 1. The second kappa shape index (κ2) is 10.00. The molecule has 0 spiro atoms. The van der Waals surface area contributed by atoms with Crippen molar-refractivity contribution in [1.82, 2.24) is 4.98 Å². The van der Waals surface area contributed by atoms with E-state index in [4.69, 9.17) is 0 Å². The van der Waals surface area contributed by atoms with Crippen LogP contribution in [0.3, 0.4) is 0 Å². The van der Waals surface area contributed by atoms with Crippen molar-refractivity contribution < 1.29 is 0 Å². The topological polar surface area (TPSA) is 12.9 Å². The fourth-order valence-corrected chi connectivity index (χ4v) is 2.86. The zero-order valence-electron chi connectivity index (χ0n) is 13.1. The lowest BCUT2D eigenvalue weighted by Gasteiger charge is -2.19. The summed E-state index contributed by atoms with van der Waals surface area (Å²) in [7, 11) is 0.